The fraction of sp³-hybridized carbons (Fsp3) is 0.680. The van der Waals surface area contributed by atoms with Crippen LogP contribution in [0.15, 0.2) is 23.1 Å². The van der Waals surface area contributed by atoms with Crippen LogP contribution in [0.4, 0.5) is 0 Å². The number of benzene rings is 1. The molecule has 188 valence electrons. The molecule has 2 heterocycles. The van der Waals surface area contributed by atoms with E-state index in [2.05, 4.69) is 37.2 Å². The van der Waals surface area contributed by atoms with Gasteiger partial charge in [-0.15, -0.1) is 0 Å². The molecule has 1 saturated heterocycles. The summed E-state index contributed by atoms with van der Waals surface area (Å²) in [5, 5.41) is 0. The summed E-state index contributed by atoms with van der Waals surface area (Å²) in [6.07, 6.45) is 4.08. The van der Waals surface area contributed by atoms with Crippen molar-refractivity contribution in [2.45, 2.75) is 83.3 Å². The highest BCUT2D eigenvalue weighted by atomic mass is 32.2. The lowest BCUT2D eigenvalue weighted by molar-refractivity contribution is -0.134. The quantitative estimate of drug-likeness (QED) is 0.509. The summed E-state index contributed by atoms with van der Waals surface area (Å²) in [5.74, 6) is 1.45. The molecule has 1 aromatic carbocycles. The van der Waals surface area contributed by atoms with Gasteiger partial charge < -0.3 is 14.2 Å². The van der Waals surface area contributed by atoms with E-state index in [0.717, 1.165) is 37.1 Å². The highest BCUT2D eigenvalue weighted by molar-refractivity contribution is 7.89. The second-order valence-electron chi connectivity index (χ2n) is 9.86. The third-order valence-corrected chi connectivity index (χ3v) is 8.94. The number of hydrogen-bond donors (Lipinski definition) is 0. The van der Waals surface area contributed by atoms with E-state index >= 15 is 0 Å². The molecule has 2 fully saturated rings. The molecule has 1 amide bonds. The molecule has 1 aliphatic heterocycles. The largest absolute Gasteiger partial charge is 0.379 e. The Kier molecular flexibility index (Phi) is 7.64. The van der Waals surface area contributed by atoms with E-state index in [-0.39, 0.29) is 16.8 Å². The zero-order valence-electron chi connectivity index (χ0n) is 20.9. The fourth-order valence-corrected chi connectivity index (χ4v) is 6.13. The van der Waals surface area contributed by atoms with Crippen LogP contribution in [0.3, 0.4) is 0 Å². The summed E-state index contributed by atoms with van der Waals surface area (Å²) in [5.41, 5.74) is 1.58. The van der Waals surface area contributed by atoms with Crippen molar-refractivity contribution in [3.8, 4) is 0 Å². The summed E-state index contributed by atoms with van der Waals surface area (Å²) in [4.78, 5) is 20.3. The van der Waals surface area contributed by atoms with Crippen LogP contribution in [-0.2, 0) is 32.5 Å². The van der Waals surface area contributed by atoms with E-state index in [1.807, 2.05) is 6.07 Å². The first-order chi connectivity index (χ1) is 16.2. The van der Waals surface area contributed by atoms with Crippen LogP contribution in [0.2, 0.25) is 0 Å². The molecule has 1 atom stereocenters. The van der Waals surface area contributed by atoms with Crippen molar-refractivity contribution in [3.63, 3.8) is 0 Å². The Morgan fingerprint density at radius 1 is 1.21 bits per heavy atom. The van der Waals surface area contributed by atoms with Crippen molar-refractivity contribution in [1.29, 1.82) is 0 Å². The van der Waals surface area contributed by atoms with E-state index in [4.69, 9.17) is 9.72 Å². The van der Waals surface area contributed by atoms with Gasteiger partial charge in [-0.05, 0) is 50.3 Å². The van der Waals surface area contributed by atoms with Gasteiger partial charge in [-0.3, -0.25) is 4.79 Å². The average molecular weight is 491 g/mol. The standard InChI is InChI=1S/C25H38N4O4S/c1-5-12-28-23-9-8-21(34(31,32)27-13-15-33-16-14-27)17-22(23)26-24(28)10-11-25(30)29(20-6-7-20)19(4)18(2)3/h8-9,17-20H,5-7,10-16H2,1-4H3. The summed E-state index contributed by atoms with van der Waals surface area (Å²) < 4.78 is 35.1. The maximum absolute atomic E-state index is 13.2. The highest BCUT2D eigenvalue weighted by Crippen LogP contribution is 2.32. The van der Waals surface area contributed by atoms with Gasteiger partial charge in [0, 0.05) is 44.6 Å². The topological polar surface area (TPSA) is 84.7 Å². The number of ether oxygens (including phenoxy) is 1. The third-order valence-electron chi connectivity index (χ3n) is 7.05. The van der Waals surface area contributed by atoms with Crippen LogP contribution < -0.4 is 0 Å². The number of nitrogens with zero attached hydrogens (tertiary/aromatic N) is 4. The summed E-state index contributed by atoms with van der Waals surface area (Å²) >= 11 is 0. The molecule has 34 heavy (non-hydrogen) atoms. The van der Waals surface area contributed by atoms with Gasteiger partial charge in [-0.2, -0.15) is 4.31 Å². The first-order valence-corrected chi connectivity index (χ1v) is 14.1. The number of hydrogen-bond acceptors (Lipinski definition) is 5. The summed E-state index contributed by atoms with van der Waals surface area (Å²) in [6.45, 7) is 10.9. The number of imidazole rings is 1. The lowest BCUT2D eigenvalue weighted by atomic mass is 10.0. The fourth-order valence-electron chi connectivity index (χ4n) is 4.70. The average Bonchev–Trinajstić information content (AvgIpc) is 3.60. The van der Waals surface area contributed by atoms with Crippen LogP contribution >= 0.6 is 0 Å². The second kappa shape index (κ2) is 10.3. The zero-order valence-corrected chi connectivity index (χ0v) is 21.7. The predicted octanol–water partition coefficient (Wildman–Crippen LogP) is 3.44. The molecule has 2 aliphatic rings. The number of aromatic nitrogens is 2. The van der Waals surface area contributed by atoms with Crippen molar-refractivity contribution in [3.05, 3.63) is 24.0 Å². The Morgan fingerprint density at radius 3 is 2.53 bits per heavy atom. The van der Waals surface area contributed by atoms with Crippen LogP contribution in [0, 0.1) is 5.92 Å². The van der Waals surface area contributed by atoms with E-state index in [1.54, 1.807) is 12.1 Å². The second-order valence-corrected chi connectivity index (χ2v) is 11.8. The van der Waals surface area contributed by atoms with Gasteiger partial charge in [0.2, 0.25) is 15.9 Å². The number of carbonyl (C=O) groups is 1. The molecule has 4 rings (SSSR count). The molecule has 9 heteroatoms. The first kappa shape index (κ1) is 25.1. The van der Waals surface area contributed by atoms with Crippen LogP contribution in [0.5, 0.6) is 0 Å². The number of morpholine rings is 1. The minimum atomic E-state index is -3.58. The van der Waals surface area contributed by atoms with Crippen molar-refractivity contribution in [2.24, 2.45) is 5.92 Å². The molecule has 0 spiro atoms. The van der Waals surface area contributed by atoms with Crippen molar-refractivity contribution in [1.82, 2.24) is 18.8 Å². The van der Waals surface area contributed by atoms with Gasteiger partial charge in [-0.25, -0.2) is 13.4 Å². The molecular weight excluding hydrogens is 452 g/mol. The van der Waals surface area contributed by atoms with Gasteiger partial charge in [-0.1, -0.05) is 20.8 Å². The molecule has 0 radical (unpaired) electrons. The van der Waals surface area contributed by atoms with Gasteiger partial charge in [0.05, 0.1) is 29.1 Å². The van der Waals surface area contributed by atoms with Crippen LogP contribution in [0.25, 0.3) is 11.0 Å². The maximum Gasteiger partial charge on any atom is 0.243 e. The van der Waals surface area contributed by atoms with Crippen LogP contribution in [-0.4, -0.2) is 71.5 Å². The van der Waals surface area contributed by atoms with Gasteiger partial charge in [0.1, 0.15) is 5.82 Å². The van der Waals surface area contributed by atoms with E-state index in [1.165, 1.54) is 4.31 Å². The summed E-state index contributed by atoms with van der Waals surface area (Å²) in [6, 6.07) is 5.81. The lowest BCUT2D eigenvalue weighted by Crippen LogP contribution is -2.43. The van der Waals surface area contributed by atoms with Gasteiger partial charge in [0.25, 0.3) is 0 Å². The number of fused-ring (bicyclic) bond motifs is 1. The number of aryl methyl sites for hydroxylation is 2. The number of sulfonamides is 1. The molecule has 0 bridgehead atoms. The van der Waals surface area contributed by atoms with Crippen molar-refractivity contribution in [2.75, 3.05) is 26.3 Å². The smallest absolute Gasteiger partial charge is 0.243 e. The zero-order chi connectivity index (χ0) is 24.5. The Labute approximate surface area is 203 Å². The molecule has 1 aliphatic carbocycles. The normalized spacial score (nSPS) is 18.5. The predicted molar refractivity (Wildman–Crippen MR) is 132 cm³/mol. The first-order valence-electron chi connectivity index (χ1n) is 12.6. The molecule has 1 unspecified atom stereocenters. The Bertz CT molecular complexity index is 1120. The van der Waals surface area contributed by atoms with E-state index in [0.29, 0.717) is 56.6 Å². The highest BCUT2D eigenvalue weighted by Gasteiger charge is 2.36. The van der Waals surface area contributed by atoms with E-state index < -0.39 is 10.0 Å². The minimum absolute atomic E-state index is 0.189. The van der Waals surface area contributed by atoms with Gasteiger partial charge in [0.15, 0.2) is 0 Å². The SMILES string of the molecule is CCCn1c(CCC(=O)N(C2CC2)C(C)C(C)C)nc2cc(S(=O)(=O)N3CCOCC3)ccc21. The molecule has 1 aromatic heterocycles. The maximum atomic E-state index is 13.2. The number of rotatable bonds is 10. The third kappa shape index (κ3) is 5.16. The van der Waals surface area contributed by atoms with E-state index in [9.17, 15) is 13.2 Å². The van der Waals surface area contributed by atoms with Crippen molar-refractivity contribution < 1.29 is 17.9 Å². The molecule has 1 saturated carbocycles. The monoisotopic (exact) mass is 490 g/mol. The number of carbonyl (C=O) groups excluding carboxylic acids is 1. The molecule has 0 N–H and O–H groups in total. The van der Waals surface area contributed by atoms with Crippen molar-refractivity contribution >= 4 is 27.0 Å². The Hall–Kier alpha value is -1.97. The lowest BCUT2D eigenvalue weighted by Gasteiger charge is -2.32. The summed E-state index contributed by atoms with van der Waals surface area (Å²) in [7, 11) is -3.58. The van der Waals surface area contributed by atoms with Gasteiger partial charge >= 0.3 is 0 Å². The Morgan fingerprint density at radius 2 is 1.91 bits per heavy atom. The Balaban J connectivity index is 1.57. The molecule has 8 nitrogen and oxygen atoms in total. The minimum Gasteiger partial charge on any atom is -0.379 e. The molecule has 2 aromatic rings. The van der Waals surface area contributed by atoms with Crippen LogP contribution in [0.1, 0.15) is 59.2 Å². The number of amides is 1. The molecular formula is C25H38N4O4S.